The van der Waals surface area contributed by atoms with E-state index in [4.69, 9.17) is 4.74 Å². The molecule has 110 valence electrons. The van der Waals surface area contributed by atoms with E-state index in [1.54, 1.807) is 0 Å². The Morgan fingerprint density at radius 2 is 1.56 bits per heavy atom. The molecule has 0 aromatic heterocycles. The summed E-state index contributed by atoms with van der Waals surface area (Å²) in [6.07, 6.45) is 7.30. The molecule has 18 heavy (non-hydrogen) atoms. The molecule has 1 aliphatic carbocycles. The molecule has 2 aliphatic rings. The number of hydrogen-bond acceptors (Lipinski definition) is 2. The predicted molar refractivity (Wildman–Crippen MR) is 81.1 cm³/mol. The molecule has 1 heterocycles. The van der Waals surface area contributed by atoms with Gasteiger partial charge in [0.15, 0.2) is 0 Å². The van der Waals surface area contributed by atoms with Gasteiger partial charge in [-0.2, -0.15) is 0 Å². The Morgan fingerprint density at radius 3 is 1.89 bits per heavy atom. The molecule has 0 spiro atoms. The summed E-state index contributed by atoms with van der Waals surface area (Å²) in [4.78, 5) is 2.64. The standard InChI is InChI=1S/C12H23NO.2C2H6/c1-3-12(6-7-12)10-13-8-4-11(14-2)5-9-13;2*1-2/h11H,3-10H2,1-2H3;2*1-2H3. The molecule has 0 amide bonds. The van der Waals surface area contributed by atoms with E-state index >= 15 is 0 Å². The lowest BCUT2D eigenvalue weighted by Gasteiger charge is -2.33. The van der Waals surface area contributed by atoms with Crippen LogP contribution in [0.4, 0.5) is 0 Å². The first kappa shape index (κ1) is 17.9. The van der Waals surface area contributed by atoms with Crippen LogP contribution in [0.15, 0.2) is 0 Å². The van der Waals surface area contributed by atoms with Gasteiger partial charge in [-0.3, -0.25) is 0 Å². The van der Waals surface area contributed by atoms with Crippen molar-refractivity contribution in [3.63, 3.8) is 0 Å². The molecule has 0 bridgehead atoms. The monoisotopic (exact) mass is 257 g/mol. The average Bonchev–Trinajstić information content (AvgIpc) is 3.24. The summed E-state index contributed by atoms with van der Waals surface area (Å²) in [5.74, 6) is 0. The molecular formula is C16H35NO. The quantitative estimate of drug-likeness (QED) is 0.743. The van der Waals surface area contributed by atoms with Crippen molar-refractivity contribution in [3.8, 4) is 0 Å². The number of methoxy groups -OCH3 is 1. The third-order valence-corrected chi connectivity index (χ3v) is 4.13. The summed E-state index contributed by atoms with van der Waals surface area (Å²) in [6.45, 7) is 14.2. The van der Waals surface area contributed by atoms with Gasteiger partial charge < -0.3 is 9.64 Å². The Morgan fingerprint density at radius 1 is 1.06 bits per heavy atom. The SMILES string of the molecule is CC.CC.CCC1(CN2CCC(OC)CC2)CC1. The van der Waals surface area contributed by atoms with E-state index in [1.165, 1.54) is 51.7 Å². The Labute approximate surface area is 115 Å². The normalized spacial score (nSPS) is 22.3. The van der Waals surface area contributed by atoms with Crippen LogP contribution in [0.3, 0.4) is 0 Å². The summed E-state index contributed by atoms with van der Waals surface area (Å²) in [6, 6.07) is 0. The van der Waals surface area contributed by atoms with Gasteiger partial charge in [0.05, 0.1) is 6.10 Å². The lowest BCUT2D eigenvalue weighted by molar-refractivity contribution is 0.0348. The van der Waals surface area contributed by atoms with Gasteiger partial charge in [0.25, 0.3) is 0 Å². The molecule has 0 unspecified atom stereocenters. The van der Waals surface area contributed by atoms with Crippen molar-refractivity contribution < 1.29 is 4.74 Å². The van der Waals surface area contributed by atoms with Gasteiger partial charge in [-0.25, -0.2) is 0 Å². The minimum Gasteiger partial charge on any atom is -0.381 e. The molecule has 0 radical (unpaired) electrons. The van der Waals surface area contributed by atoms with Crippen molar-refractivity contribution in [1.82, 2.24) is 4.90 Å². The van der Waals surface area contributed by atoms with Crippen LogP contribution in [-0.2, 0) is 4.74 Å². The highest BCUT2D eigenvalue weighted by atomic mass is 16.5. The van der Waals surface area contributed by atoms with Crippen molar-refractivity contribution >= 4 is 0 Å². The number of rotatable bonds is 4. The van der Waals surface area contributed by atoms with E-state index in [2.05, 4.69) is 11.8 Å². The summed E-state index contributed by atoms with van der Waals surface area (Å²) in [7, 11) is 1.84. The highest BCUT2D eigenvalue weighted by molar-refractivity contribution is 4.95. The predicted octanol–water partition coefficient (Wildman–Crippen LogP) is 4.34. The topological polar surface area (TPSA) is 12.5 Å². The minimum absolute atomic E-state index is 0.531. The number of hydrogen-bond donors (Lipinski definition) is 0. The lowest BCUT2D eigenvalue weighted by Crippen LogP contribution is -2.39. The van der Waals surface area contributed by atoms with Crippen LogP contribution in [0.5, 0.6) is 0 Å². The van der Waals surface area contributed by atoms with Crippen LogP contribution in [-0.4, -0.2) is 37.7 Å². The Kier molecular flexibility index (Phi) is 9.76. The Balaban J connectivity index is 0.000000659. The van der Waals surface area contributed by atoms with Crippen molar-refractivity contribution in [2.24, 2.45) is 5.41 Å². The zero-order valence-corrected chi connectivity index (χ0v) is 13.6. The van der Waals surface area contributed by atoms with E-state index in [0.29, 0.717) is 6.10 Å². The fourth-order valence-corrected chi connectivity index (χ4v) is 2.58. The van der Waals surface area contributed by atoms with E-state index in [9.17, 15) is 0 Å². The first-order valence-corrected chi connectivity index (χ1v) is 8.03. The first-order valence-electron chi connectivity index (χ1n) is 8.03. The van der Waals surface area contributed by atoms with Gasteiger partial charge in [-0.1, -0.05) is 34.6 Å². The fourth-order valence-electron chi connectivity index (χ4n) is 2.58. The minimum atomic E-state index is 0.531. The highest BCUT2D eigenvalue weighted by Gasteiger charge is 2.42. The Bertz CT molecular complexity index is 182. The van der Waals surface area contributed by atoms with E-state index < -0.39 is 0 Å². The molecule has 0 aromatic rings. The van der Waals surface area contributed by atoms with Gasteiger partial charge >= 0.3 is 0 Å². The molecule has 1 aliphatic heterocycles. The molecule has 0 N–H and O–H groups in total. The second-order valence-electron chi connectivity index (χ2n) is 5.06. The first-order chi connectivity index (χ1) is 8.78. The van der Waals surface area contributed by atoms with Gasteiger partial charge in [-0.05, 0) is 37.5 Å². The lowest BCUT2D eigenvalue weighted by atomic mass is 10.0. The second kappa shape index (κ2) is 9.80. The smallest absolute Gasteiger partial charge is 0.0595 e. The maximum absolute atomic E-state index is 5.38. The molecule has 2 heteroatoms. The second-order valence-corrected chi connectivity index (χ2v) is 5.06. The summed E-state index contributed by atoms with van der Waals surface area (Å²) in [5, 5.41) is 0. The molecule has 2 fully saturated rings. The maximum atomic E-state index is 5.38. The van der Waals surface area contributed by atoms with Crippen LogP contribution < -0.4 is 0 Å². The van der Waals surface area contributed by atoms with Crippen LogP contribution in [0.1, 0.15) is 66.7 Å². The van der Waals surface area contributed by atoms with Crippen molar-refractivity contribution in [2.75, 3.05) is 26.7 Å². The third-order valence-electron chi connectivity index (χ3n) is 4.13. The molecular weight excluding hydrogens is 222 g/mol. The van der Waals surface area contributed by atoms with Crippen molar-refractivity contribution in [1.29, 1.82) is 0 Å². The summed E-state index contributed by atoms with van der Waals surface area (Å²) in [5.41, 5.74) is 0.722. The van der Waals surface area contributed by atoms with Crippen LogP contribution in [0, 0.1) is 5.41 Å². The zero-order valence-electron chi connectivity index (χ0n) is 13.6. The number of ether oxygens (including phenoxy) is 1. The zero-order chi connectivity index (χ0) is 14.0. The van der Waals surface area contributed by atoms with E-state index in [0.717, 1.165) is 5.41 Å². The van der Waals surface area contributed by atoms with E-state index in [1.807, 2.05) is 34.8 Å². The van der Waals surface area contributed by atoms with Crippen LogP contribution in [0.2, 0.25) is 0 Å². The number of likely N-dealkylation sites (tertiary alicyclic amines) is 1. The van der Waals surface area contributed by atoms with Crippen molar-refractivity contribution in [3.05, 3.63) is 0 Å². The average molecular weight is 257 g/mol. The van der Waals surface area contributed by atoms with Gasteiger partial charge in [0, 0.05) is 26.7 Å². The number of piperidine rings is 1. The van der Waals surface area contributed by atoms with Crippen LogP contribution in [0.25, 0.3) is 0 Å². The fraction of sp³-hybridized carbons (Fsp3) is 1.00. The van der Waals surface area contributed by atoms with Gasteiger partial charge in [0.1, 0.15) is 0 Å². The van der Waals surface area contributed by atoms with Crippen LogP contribution >= 0.6 is 0 Å². The number of nitrogens with zero attached hydrogens (tertiary/aromatic N) is 1. The summed E-state index contributed by atoms with van der Waals surface area (Å²) < 4.78 is 5.38. The van der Waals surface area contributed by atoms with E-state index in [-0.39, 0.29) is 0 Å². The third kappa shape index (κ3) is 5.71. The maximum Gasteiger partial charge on any atom is 0.0595 e. The molecule has 1 saturated heterocycles. The molecule has 0 aromatic carbocycles. The molecule has 2 nitrogen and oxygen atoms in total. The highest BCUT2D eigenvalue weighted by Crippen LogP contribution is 2.49. The Hall–Kier alpha value is -0.0800. The van der Waals surface area contributed by atoms with Gasteiger partial charge in [-0.15, -0.1) is 0 Å². The van der Waals surface area contributed by atoms with Crippen molar-refractivity contribution in [2.45, 2.75) is 72.8 Å². The largest absolute Gasteiger partial charge is 0.381 e. The van der Waals surface area contributed by atoms with Gasteiger partial charge in [0.2, 0.25) is 0 Å². The molecule has 2 rings (SSSR count). The molecule has 0 atom stereocenters. The summed E-state index contributed by atoms with van der Waals surface area (Å²) >= 11 is 0. The molecule has 1 saturated carbocycles.